The van der Waals surface area contributed by atoms with Gasteiger partial charge in [0.25, 0.3) is 0 Å². The number of aliphatic hydroxyl groups excluding tert-OH is 3. The molecule has 2 aromatic carbocycles. The highest BCUT2D eigenvalue weighted by atomic mass is 16.4. The van der Waals surface area contributed by atoms with Gasteiger partial charge in [-0.15, -0.1) is 0 Å². The van der Waals surface area contributed by atoms with Crippen LogP contribution in [0.1, 0.15) is 113 Å². The van der Waals surface area contributed by atoms with Crippen LogP contribution in [0.5, 0.6) is 0 Å². The highest BCUT2D eigenvalue weighted by Crippen LogP contribution is 2.67. The number of hydrogen-bond donors (Lipinski definition) is 5. The average Bonchev–Trinajstić information content (AvgIpc) is 3.43. The Morgan fingerprint density at radius 1 is 0.812 bits per heavy atom. The first kappa shape index (κ1) is 37.8. The fraction of sp³-hybridized carbons (Fsp3) is 0.610. The number of carboxylic acids is 2. The van der Waals surface area contributed by atoms with Crippen LogP contribution in [-0.4, -0.2) is 55.8 Å². The number of allylic oxidation sites excluding steroid dienone is 1. The lowest BCUT2D eigenvalue weighted by molar-refractivity contribution is -0.108. The van der Waals surface area contributed by atoms with Gasteiger partial charge < -0.3 is 25.5 Å². The van der Waals surface area contributed by atoms with E-state index in [-0.39, 0.29) is 17.6 Å². The first-order valence-corrected chi connectivity index (χ1v) is 18.0. The number of aromatic carboxylic acids is 2. The summed E-state index contributed by atoms with van der Waals surface area (Å²) in [5.74, 6) is 2.03. The number of fused-ring (bicyclic) bond motifs is 5. The largest absolute Gasteiger partial charge is 0.478 e. The van der Waals surface area contributed by atoms with Gasteiger partial charge in [-0.1, -0.05) is 82.7 Å². The molecule has 3 saturated carbocycles. The SMILES string of the molecule is CC(C)C(O)CC[C@@H](C)[C@H]1CC[C@H]2[C@@H]3CC=C4C[C@@H](O)C[C@H](O)[C@]4(C)[C@H]3CC[C@]12C.O=C(O)c1ccccc1.O=C(O)c1ccccc1. The summed E-state index contributed by atoms with van der Waals surface area (Å²) in [4.78, 5) is 20.4. The predicted octanol–water partition coefficient (Wildman–Crippen LogP) is 8.10. The van der Waals surface area contributed by atoms with Gasteiger partial charge in [0.05, 0.1) is 29.4 Å². The second kappa shape index (κ2) is 16.1. The molecule has 1 unspecified atom stereocenters. The van der Waals surface area contributed by atoms with Crippen molar-refractivity contribution in [1.29, 1.82) is 0 Å². The number of hydrogen-bond acceptors (Lipinski definition) is 5. The second-order valence-corrected chi connectivity index (χ2v) is 15.7. The quantitative estimate of drug-likeness (QED) is 0.189. The fourth-order valence-electron chi connectivity index (χ4n) is 9.81. The van der Waals surface area contributed by atoms with E-state index in [1.165, 1.54) is 31.3 Å². The number of aliphatic hydroxyl groups is 3. The highest BCUT2D eigenvalue weighted by Gasteiger charge is 2.60. The van der Waals surface area contributed by atoms with E-state index in [1.54, 1.807) is 60.7 Å². The van der Waals surface area contributed by atoms with Crippen LogP contribution in [0.15, 0.2) is 72.3 Å². The molecule has 2 aromatic rings. The van der Waals surface area contributed by atoms with Gasteiger partial charge in [0.2, 0.25) is 0 Å². The maximum Gasteiger partial charge on any atom is 0.335 e. The van der Waals surface area contributed by atoms with Crippen molar-refractivity contribution < 1.29 is 35.1 Å². The fourth-order valence-corrected chi connectivity index (χ4v) is 9.81. The smallest absolute Gasteiger partial charge is 0.335 e. The summed E-state index contributed by atoms with van der Waals surface area (Å²) in [6, 6.07) is 16.6. The molecule has 4 aliphatic carbocycles. The van der Waals surface area contributed by atoms with Crippen molar-refractivity contribution in [3.8, 4) is 0 Å². The summed E-state index contributed by atoms with van der Waals surface area (Å²) in [6.07, 6.45) is 11.1. The third kappa shape index (κ3) is 8.23. The van der Waals surface area contributed by atoms with Crippen molar-refractivity contribution in [3.05, 3.63) is 83.4 Å². The van der Waals surface area contributed by atoms with E-state index in [0.29, 0.717) is 46.6 Å². The molecule has 4 aliphatic rings. The molecule has 6 rings (SSSR count). The molecule has 0 radical (unpaired) electrons. The maximum absolute atomic E-state index is 11.1. The van der Waals surface area contributed by atoms with Crippen LogP contribution in [0.25, 0.3) is 0 Å². The molecule has 0 heterocycles. The van der Waals surface area contributed by atoms with E-state index in [2.05, 4.69) is 40.7 Å². The van der Waals surface area contributed by atoms with E-state index in [4.69, 9.17) is 10.2 Å². The van der Waals surface area contributed by atoms with Crippen molar-refractivity contribution in [3.63, 3.8) is 0 Å². The Morgan fingerprint density at radius 3 is 1.88 bits per heavy atom. The molecule has 7 heteroatoms. The van der Waals surface area contributed by atoms with Crippen molar-refractivity contribution in [1.82, 2.24) is 0 Å². The normalized spacial score (nSPS) is 33.2. The summed E-state index contributed by atoms with van der Waals surface area (Å²) in [5, 5.41) is 48.4. The molecule has 0 aromatic heterocycles. The van der Waals surface area contributed by atoms with E-state index in [0.717, 1.165) is 37.5 Å². The van der Waals surface area contributed by atoms with Gasteiger partial charge in [-0.3, -0.25) is 0 Å². The molecule has 0 saturated heterocycles. The predicted molar refractivity (Wildman–Crippen MR) is 189 cm³/mol. The number of rotatable bonds is 7. The molecule has 48 heavy (non-hydrogen) atoms. The zero-order valence-corrected chi connectivity index (χ0v) is 29.5. The van der Waals surface area contributed by atoms with E-state index in [9.17, 15) is 24.9 Å². The third-order valence-electron chi connectivity index (χ3n) is 12.7. The summed E-state index contributed by atoms with van der Waals surface area (Å²) in [6.45, 7) is 11.5. The molecule has 0 amide bonds. The second-order valence-electron chi connectivity index (χ2n) is 15.7. The van der Waals surface area contributed by atoms with Crippen LogP contribution in [0.2, 0.25) is 0 Å². The Bertz CT molecular complexity index is 1320. The molecule has 3 fully saturated rings. The minimum atomic E-state index is -0.879. The molecular formula is C41H58O7. The van der Waals surface area contributed by atoms with Crippen LogP contribution < -0.4 is 0 Å². The van der Waals surface area contributed by atoms with Crippen LogP contribution in [-0.2, 0) is 0 Å². The number of benzene rings is 2. The molecule has 7 nitrogen and oxygen atoms in total. The molecule has 10 atom stereocenters. The lowest BCUT2D eigenvalue weighted by Crippen LogP contribution is -2.55. The minimum absolute atomic E-state index is 0.130. The molecule has 0 aliphatic heterocycles. The summed E-state index contributed by atoms with van der Waals surface area (Å²) in [7, 11) is 0. The Morgan fingerprint density at radius 2 is 1.38 bits per heavy atom. The van der Waals surface area contributed by atoms with Crippen LogP contribution in [0.3, 0.4) is 0 Å². The topological polar surface area (TPSA) is 135 Å². The van der Waals surface area contributed by atoms with Crippen LogP contribution in [0.4, 0.5) is 0 Å². The van der Waals surface area contributed by atoms with Gasteiger partial charge in [-0.05, 0) is 117 Å². The van der Waals surface area contributed by atoms with E-state index < -0.39 is 18.0 Å². The Labute approximate surface area is 287 Å². The Kier molecular flexibility index (Phi) is 12.7. The third-order valence-corrected chi connectivity index (χ3v) is 12.7. The summed E-state index contributed by atoms with van der Waals surface area (Å²) in [5.41, 5.74) is 2.28. The van der Waals surface area contributed by atoms with Gasteiger partial charge in [0.15, 0.2) is 0 Å². The highest BCUT2D eigenvalue weighted by molar-refractivity contribution is 5.87. The standard InChI is InChI=1S/C27H46O3.2C7H6O2/c1-16(2)24(29)11-6-17(3)21-9-10-22-20-8-7-18-14-19(28)15-25(30)27(18,5)23(20)12-13-26(21,22)4;2*8-7(9)6-4-2-1-3-5-6/h7,16-17,19-25,28-30H,6,8-15H2,1-5H3;2*1-5H,(H,8,9)/t17-,19-,20+,21-,22+,23+,24?,25+,26-,27+;;/m1../s1. The van der Waals surface area contributed by atoms with Gasteiger partial charge >= 0.3 is 11.9 Å². The number of carboxylic acid groups (broad SMARTS) is 2. The van der Waals surface area contributed by atoms with E-state index in [1.807, 2.05) is 0 Å². The van der Waals surface area contributed by atoms with Crippen molar-refractivity contribution in [2.45, 2.75) is 111 Å². The monoisotopic (exact) mass is 662 g/mol. The van der Waals surface area contributed by atoms with Crippen molar-refractivity contribution in [2.24, 2.45) is 46.3 Å². The van der Waals surface area contributed by atoms with E-state index >= 15 is 0 Å². The van der Waals surface area contributed by atoms with Gasteiger partial charge in [-0.25, -0.2) is 9.59 Å². The Hall–Kier alpha value is -3.00. The minimum Gasteiger partial charge on any atom is -0.478 e. The molecule has 264 valence electrons. The summed E-state index contributed by atoms with van der Waals surface area (Å²) < 4.78 is 0. The van der Waals surface area contributed by atoms with Gasteiger partial charge in [-0.2, -0.15) is 0 Å². The van der Waals surface area contributed by atoms with Gasteiger partial charge in [0, 0.05) is 11.8 Å². The molecule has 0 bridgehead atoms. The molecule has 5 N–H and O–H groups in total. The number of carbonyl (C=O) groups is 2. The molecule has 0 spiro atoms. The van der Waals surface area contributed by atoms with Crippen molar-refractivity contribution >= 4 is 11.9 Å². The lowest BCUT2D eigenvalue weighted by Gasteiger charge is -2.59. The first-order valence-electron chi connectivity index (χ1n) is 18.0. The zero-order chi connectivity index (χ0) is 35.2. The van der Waals surface area contributed by atoms with Crippen LogP contribution in [0, 0.1) is 46.3 Å². The first-order chi connectivity index (χ1) is 22.7. The van der Waals surface area contributed by atoms with Crippen LogP contribution >= 0.6 is 0 Å². The zero-order valence-electron chi connectivity index (χ0n) is 29.5. The van der Waals surface area contributed by atoms with Crippen molar-refractivity contribution in [2.75, 3.05) is 0 Å². The molecular weight excluding hydrogens is 604 g/mol. The van der Waals surface area contributed by atoms with Gasteiger partial charge in [0.1, 0.15) is 0 Å². The Balaban J connectivity index is 0.000000234. The average molecular weight is 663 g/mol. The lowest BCUT2D eigenvalue weighted by atomic mass is 9.46. The summed E-state index contributed by atoms with van der Waals surface area (Å²) >= 11 is 0. The maximum atomic E-state index is 11.1.